The number of thiocarbonyl (C=S) groups is 1. The lowest BCUT2D eigenvalue weighted by Crippen LogP contribution is -2.29. The van der Waals surface area contributed by atoms with Gasteiger partial charge in [0.1, 0.15) is 23.3 Å². The predicted octanol–water partition coefficient (Wildman–Crippen LogP) is 5.23. The number of nitrogens with zero attached hydrogens (tertiary/aromatic N) is 2. The molecule has 0 spiro atoms. The van der Waals surface area contributed by atoms with Gasteiger partial charge in [0.25, 0.3) is 0 Å². The third-order valence-electron chi connectivity index (χ3n) is 5.79. The van der Waals surface area contributed by atoms with E-state index in [0.717, 1.165) is 17.1 Å². The van der Waals surface area contributed by atoms with E-state index >= 15 is 0 Å². The fraction of sp³-hybridized carbons (Fsp3) is 0.115. The van der Waals surface area contributed by atoms with E-state index < -0.39 is 5.97 Å². The van der Waals surface area contributed by atoms with Crippen LogP contribution in [-0.4, -0.2) is 28.3 Å². The van der Waals surface area contributed by atoms with Crippen LogP contribution in [0.5, 0.6) is 5.75 Å². The van der Waals surface area contributed by atoms with Crippen molar-refractivity contribution < 1.29 is 19.1 Å². The zero-order chi connectivity index (χ0) is 23.7. The molecule has 1 fully saturated rings. The molecular weight excluding hydrogens is 450 g/mol. The van der Waals surface area contributed by atoms with E-state index in [4.69, 9.17) is 21.4 Å². The number of benzene rings is 2. The first-order valence-corrected chi connectivity index (χ1v) is 11.0. The fourth-order valence-electron chi connectivity index (χ4n) is 4.21. The molecule has 5 rings (SSSR count). The van der Waals surface area contributed by atoms with Crippen LogP contribution in [0, 0.1) is 0 Å². The van der Waals surface area contributed by atoms with E-state index in [1.54, 1.807) is 43.6 Å². The number of carboxylic acids is 1. The number of furan rings is 1. The molecule has 34 heavy (non-hydrogen) atoms. The second-order valence-corrected chi connectivity index (χ2v) is 8.13. The zero-order valence-electron chi connectivity index (χ0n) is 18.2. The van der Waals surface area contributed by atoms with Crippen molar-refractivity contribution in [2.45, 2.75) is 12.1 Å². The van der Waals surface area contributed by atoms with Crippen molar-refractivity contribution in [3.05, 3.63) is 102 Å². The summed E-state index contributed by atoms with van der Waals surface area (Å²) in [5.41, 5.74) is 2.37. The maximum atomic E-state index is 11.7. The predicted molar refractivity (Wildman–Crippen MR) is 132 cm³/mol. The second-order valence-electron chi connectivity index (χ2n) is 7.75. The molecular formula is C26H21N3O4S. The summed E-state index contributed by atoms with van der Waals surface area (Å²) in [4.78, 5) is 18.3. The van der Waals surface area contributed by atoms with Gasteiger partial charge in [0.15, 0.2) is 5.11 Å². The minimum atomic E-state index is -1.01. The molecule has 0 unspecified atom stereocenters. The smallest absolute Gasteiger partial charge is 0.336 e. The van der Waals surface area contributed by atoms with Crippen molar-refractivity contribution in [3.63, 3.8) is 0 Å². The molecule has 7 nitrogen and oxygen atoms in total. The molecule has 1 aliphatic heterocycles. The van der Waals surface area contributed by atoms with Crippen LogP contribution in [0.2, 0.25) is 0 Å². The number of methoxy groups -OCH3 is 1. The van der Waals surface area contributed by atoms with Gasteiger partial charge < -0.3 is 24.5 Å². The van der Waals surface area contributed by atoms with Gasteiger partial charge in [-0.1, -0.05) is 24.3 Å². The van der Waals surface area contributed by atoms with E-state index in [9.17, 15) is 9.90 Å². The normalized spacial score (nSPS) is 17.4. The summed E-state index contributed by atoms with van der Waals surface area (Å²) in [5, 5.41) is 13.5. The second kappa shape index (κ2) is 8.99. The lowest BCUT2D eigenvalue weighted by atomic mass is 10.0. The van der Waals surface area contributed by atoms with E-state index in [1.807, 2.05) is 53.4 Å². The van der Waals surface area contributed by atoms with Crippen LogP contribution < -0.4 is 15.0 Å². The first-order valence-electron chi connectivity index (χ1n) is 10.6. The summed E-state index contributed by atoms with van der Waals surface area (Å²) in [6, 6.07) is 23.2. The van der Waals surface area contributed by atoms with Gasteiger partial charge in [0, 0.05) is 17.4 Å². The Morgan fingerprint density at radius 2 is 1.82 bits per heavy atom. The van der Waals surface area contributed by atoms with Crippen LogP contribution >= 0.6 is 12.2 Å². The average Bonchev–Trinajstić information content (AvgIpc) is 3.49. The highest BCUT2D eigenvalue weighted by atomic mass is 32.1. The molecule has 2 N–H and O–H groups in total. The first-order chi connectivity index (χ1) is 16.6. The van der Waals surface area contributed by atoms with Gasteiger partial charge in [-0.05, 0) is 66.8 Å². The Balaban J connectivity index is 1.60. The number of hydrogen-bond donors (Lipinski definition) is 2. The Hall–Kier alpha value is -4.17. The maximum absolute atomic E-state index is 11.7. The number of anilines is 1. The number of hydrogen-bond acceptors (Lipinski definition) is 5. The van der Waals surface area contributed by atoms with Crippen molar-refractivity contribution in [1.29, 1.82) is 0 Å². The van der Waals surface area contributed by atoms with Crippen LogP contribution in [0.15, 0.2) is 89.5 Å². The number of pyridine rings is 1. The minimum absolute atomic E-state index is 0.178. The summed E-state index contributed by atoms with van der Waals surface area (Å²) < 4.78 is 11.6. The highest BCUT2D eigenvalue weighted by Crippen LogP contribution is 2.43. The molecule has 170 valence electrons. The molecule has 2 atom stereocenters. The van der Waals surface area contributed by atoms with Crippen molar-refractivity contribution in [1.82, 2.24) is 10.3 Å². The third-order valence-corrected chi connectivity index (χ3v) is 6.10. The average molecular weight is 472 g/mol. The van der Waals surface area contributed by atoms with Crippen molar-refractivity contribution >= 4 is 29.0 Å². The summed E-state index contributed by atoms with van der Waals surface area (Å²) >= 11 is 5.73. The molecule has 0 radical (unpaired) electrons. The van der Waals surface area contributed by atoms with Gasteiger partial charge in [-0.2, -0.15) is 0 Å². The molecule has 8 heteroatoms. The number of rotatable bonds is 6. The van der Waals surface area contributed by atoms with Crippen molar-refractivity contribution in [3.8, 4) is 17.1 Å². The summed E-state index contributed by atoms with van der Waals surface area (Å²) in [7, 11) is 1.62. The lowest BCUT2D eigenvalue weighted by Gasteiger charge is -2.26. The van der Waals surface area contributed by atoms with E-state index in [-0.39, 0.29) is 17.6 Å². The van der Waals surface area contributed by atoms with Crippen LogP contribution in [0.4, 0.5) is 5.69 Å². The first kappa shape index (κ1) is 21.7. The van der Waals surface area contributed by atoms with Gasteiger partial charge in [-0.25, -0.2) is 4.79 Å². The molecule has 1 aliphatic rings. The number of nitrogens with one attached hydrogen (secondary N) is 1. The summed E-state index contributed by atoms with van der Waals surface area (Å²) in [6.45, 7) is 0. The van der Waals surface area contributed by atoms with Crippen LogP contribution in [-0.2, 0) is 0 Å². The SMILES string of the molecule is COc1ccc(N2C(=S)N[C@@H](c3ccccn3)[C@@H]2c2ccc(-c3ccccc3C(=O)O)o2)cc1. The molecule has 0 aliphatic carbocycles. The molecule has 0 bridgehead atoms. The number of aromatic nitrogens is 1. The topological polar surface area (TPSA) is 87.8 Å². The van der Waals surface area contributed by atoms with Gasteiger partial charge >= 0.3 is 5.97 Å². The molecule has 2 aromatic carbocycles. The minimum Gasteiger partial charge on any atom is -0.497 e. The van der Waals surface area contributed by atoms with Crippen molar-refractivity contribution in [2.75, 3.05) is 12.0 Å². The van der Waals surface area contributed by atoms with E-state index in [2.05, 4.69) is 10.3 Å². The quantitative estimate of drug-likeness (QED) is 0.370. The molecule has 0 saturated carbocycles. The Bertz CT molecular complexity index is 1340. The monoisotopic (exact) mass is 471 g/mol. The van der Waals surface area contributed by atoms with Gasteiger partial charge in [0.2, 0.25) is 0 Å². The standard InChI is InChI=1S/C26H21N3O4S/c1-32-17-11-9-16(10-12-17)29-24(23(28-26(29)34)20-8-4-5-15-27-20)22-14-13-21(33-22)18-6-2-3-7-19(18)25(30)31/h2-15,23-24H,1H3,(H,28,34)(H,30,31)/t23-,24-/m0/s1. The number of aromatic carboxylic acids is 1. The van der Waals surface area contributed by atoms with Crippen LogP contribution in [0.25, 0.3) is 11.3 Å². The fourth-order valence-corrected chi connectivity index (χ4v) is 4.55. The lowest BCUT2D eigenvalue weighted by molar-refractivity contribution is 0.0697. The highest BCUT2D eigenvalue weighted by molar-refractivity contribution is 7.80. The van der Waals surface area contributed by atoms with Crippen molar-refractivity contribution in [2.24, 2.45) is 0 Å². The Labute approximate surface area is 201 Å². The Morgan fingerprint density at radius 3 is 2.53 bits per heavy atom. The number of ether oxygens (including phenoxy) is 1. The number of carboxylic acid groups (broad SMARTS) is 1. The van der Waals surface area contributed by atoms with Crippen LogP contribution in [0.3, 0.4) is 0 Å². The largest absolute Gasteiger partial charge is 0.497 e. The maximum Gasteiger partial charge on any atom is 0.336 e. The van der Waals surface area contributed by atoms with Gasteiger partial charge in [-0.15, -0.1) is 0 Å². The van der Waals surface area contributed by atoms with E-state index in [0.29, 0.717) is 22.2 Å². The highest BCUT2D eigenvalue weighted by Gasteiger charge is 2.42. The molecule has 4 aromatic rings. The Morgan fingerprint density at radius 1 is 1.06 bits per heavy atom. The van der Waals surface area contributed by atoms with Gasteiger partial charge in [-0.3, -0.25) is 4.98 Å². The molecule has 1 saturated heterocycles. The van der Waals surface area contributed by atoms with E-state index in [1.165, 1.54) is 0 Å². The van der Waals surface area contributed by atoms with Gasteiger partial charge in [0.05, 0.1) is 24.4 Å². The Kier molecular flexibility index (Phi) is 5.73. The molecule has 3 heterocycles. The van der Waals surface area contributed by atoms with Crippen LogP contribution in [0.1, 0.15) is 33.9 Å². The zero-order valence-corrected chi connectivity index (χ0v) is 19.0. The summed E-state index contributed by atoms with van der Waals surface area (Å²) in [5.74, 6) is 0.836. The summed E-state index contributed by atoms with van der Waals surface area (Å²) in [6.07, 6.45) is 1.74. The number of carbonyl (C=O) groups is 1. The third kappa shape index (κ3) is 3.88. The molecule has 2 aromatic heterocycles. The molecule has 0 amide bonds.